The van der Waals surface area contributed by atoms with Crippen LogP contribution in [0.4, 0.5) is 5.69 Å². The molecule has 3 rings (SSSR count). The number of carbonyl (C=O) groups excluding carboxylic acids is 2. The maximum absolute atomic E-state index is 13.0. The molecule has 2 aromatic rings. The molecular weight excluding hydrogens is 316 g/mol. The highest BCUT2D eigenvalue weighted by atomic mass is 16.5. The van der Waals surface area contributed by atoms with Crippen molar-refractivity contribution in [2.24, 2.45) is 0 Å². The second kappa shape index (κ2) is 7.38. The average molecular weight is 338 g/mol. The van der Waals surface area contributed by atoms with Crippen LogP contribution in [0.15, 0.2) is 48.5 Å². The van der Waals surface area contributed by atoms with Gasteiger partial charge < -0.3 is 15.0 Å². The Bertz CT molecular complexity index is 771. The number of amides is 2. The number of ether oxygens (including phenoxy) is 1. The van der Waals surface area contributed by atoms with Crippen LogP contribution in [0.3, 0.4) is 0 Å². The van der Waals surface area contributed by atoms with Crippen LogP contribution in [0.2, 0.25) is 0 Å². The van der Waals surface area contributed by atoms with Gasteiger partial charge in [-0.1, -0.05) is 18.2 Å². The normalized spacial score (nSPS) is 16.6. The molecule has 5 nitrogen and oxygen atoms in total. The molecule has 0 radical (unpaired) electrons. The van der Waals surface area contributed by atoms with Gasteiger partial charge in [-0.15, -0.1) is 0 Å². The molecule has 25 heavy (non-hydrogen) atoms. The molecule has 130 valence electrons. The summed E-state index contributed by atoms with van der Waals surface area (Å²) < 4.78 is 5.21. The molecule has 0 spiro atoms. The summed E-state index contributed by atoms with van der Waals surface area (Å²) in [5.74, 6) is 0.648. The summed E-state index contributed by atoms with van der Waals surface area (Å²) in [4.78, 5) is 26.1. The zero-order chi connectivity index (χ0) is 17.8. The molecule has 1 atom stereocenters. The fourth-order valence-corrected chi connectivity index (χ4v) is 3.28. The third-order valence-corrected chi connectivity index (χ3v) is 4.44. The van der Waals surface area contributed by atoms with Crippen molar-refractivity contribution in [3.8, 4) is 5.75 Å². The van der Waals surface area contributed by atoms with Crippen molar-refractivity contribution in [1.29, 1.82) is 0 Å². The minimum Gasteiger partial charge on any atom is -0.497 e. The van der Waals surface area contributed by atoms with E-state index in [2.05, 4.69) is 5.32 Å². The number of nitrogens with one attached hydrogen (secondary N) is 1. The van der Waals surface area contributed by atoms with E-state index in [-0.39, 0.29) is 17.9 Å². The van der Waals surface area contributed by atoms with E-state index in [1.165, 1.54) is 6.92 Å². The van der Waals surface area contributed by atoms with E-state index in [0.29, 0.717) is 11.3 Å². The maximum atomic E-state index is 13.0. The molecular formula is C20H22N2O3. The predicted octanol–water partition coefficient (Wildman–Crippen LogP) is 3.63. The number of benzene rings is 2. The first-order chi connectivity index (χ1) is 12.1. The number of hydrogen-bond donors (Lipinski definition) is 1. The van der Waals surface area contributed by atoms with E-state index in [1.54, 1.807) is 31.4 Å². The number of carbonyl (C=O) groups is 2. The van der Waals surface area contributed by atoms with Gasteiger partial charge in [-0.25, -0.2) is 0 Å². The van der Waals surface area contributed by atoms with Crippen LogP contribution < -0.4 is 10.1 Å². The van der Waals surface area contributed by atoms with E-state index in [9.17, 15) is 9.59 Å². The van der Waals surface area contributed by atoms with E-state index in [4.69, 9.17) is 4.74 Å². The largest absolute Gasteiger partial charge is 0.497 e. The lowest BCUT2D eigenvalue weighted by Gasteiger charge is -2.25. The molecule has 1 heterocycles. The Morgan fingerprint density at radius 3 is 2.60 bits per heavy atom. The third kappa shape index (κ3) is 3.82. The van der Waals surface area contributed by atoms with Crippen molar-refractivity contribution in [3.63, 3.8) is 0 Å². The summed E-state index contributed by atoms with van der Waals surface area (Å²) in [5.41, 5.74) is 2.34. The summed E-state index contributed by atoms with van der Waals surface area (Å²) in [7, 11) is 1.64. The van der Waals surface area contributed by atoms with Crippen molar-refractivity contribution in [2.45, 2.75) is 25.8 Å². The number of likely N-dealkylation sites (tertiary alicyclic amines) is 1. The number of anilines is 1. The van der Waals surface area contributed by atoms with Gasteiger partial charge in [-0.05, 0) is 48.7 Å². The van der Waals surface area contributed by atoms with E-state index in [1.807, 2.05) is 29.2 Å². The van der Waals surface area contributed by atoms with Crippen LogP contribution in [0.25, 0.3) is 0 Å². The van der Waals surface area contributed by atoms with Crippen LogP contribution in [0, 0.1) is 0 Å². The highest BCUT2D eigenvalue weighted by Gasteiger charge is 2.30. The molecule has 0 aromatic heterocycles. The van der Waals surface area contributed by atoms with Gasteiger partial charge in [0.15, 0.2) is 0 Å². The molecule has 0 saturated carbocycles. The molecule has 2 amide bonds. The summed E-state index contributed by atoms with van der Waals surface area (Å²) in [6, 6.07) is 15.0. The second-order valence-electron chi connectivity index (χ2n) is 6.19. The molecule has 0 aliphatic carbocycles. The Morgan fingerprint density at radius 2 is 1.92 bits per heavy atom. The quantitative estimate of drug-likeness (QED) is 0.926. The molecule has 1 aliphatic rings. The number of rotatable bonds is 4. The fraction of sp³-hybridized carbons (Fsp3) is 0.300. The molecule has 5 heteroatoms. The van der Waals surface area contributed by atoms with Gasteiger partial charge in [-0.2, -0.15) is 0 Å². The highest BCUT2D eigenvalue weighted by Crippen LogP contribution is 2.34. The van der Waals surface area contributed by atoms with Crippen molar-refractivity contribution in [3.05, 3.63) is 59.7 Å². The Hall–Kier alpha value is -2.82. The first kappa shape index (κ1) is 17.0. The van der Waals surface area contributed by atoms with Crippen LogP contribution in [0.1, 0.15) is 41.7 Å². The van der Waals surface area contributed by atoms with Gasteiger partial charge >= 0.3 is 0 Å². The van der Waals surface area contributed by atoms with Crippen molar-refractivity contribution in [1.82, 2.24) is 4.90 Å². The Labute approximate surface area is 147 Å². The van der Waals surface area contributed by atoms with Gasteiger partial charge in [0.05, 0.1) is 13.2 Å². The predicted molar refractivity (Wildman–Crippen MR) is 96.8 cm³/mol. The average Bonchev–Trinajstić information content (AvgIpc) is 3.10. The highest BCUT2D eigenvalue weighted by molar-refractivity contribution is 5.97. The zero-order valence-electron chi connectivity index (χ0n) is 14.5. The topological polar surface area (TPSA) is 58.6 Å². The molecule has 2 aromatic carbocycles. The zero-order valence-corrected chi connectivity index (χ0v) is 14.5. The molecule has 1 saturated heterocycles. The first-order valence-corrected chi connectivity index (χ1v) is 8.41. The smallest absolute Gasteiger partial charge is 0.254 e. The van der Waals surface area contributed by atoms with Gasteiger partial charge in [0.2, 0.25) is 5.91 Å². The number of nitrogens with zero attached hydrogens (tertiary/aromatic N) is 1. The first-order valence-electron chi connectivity index (χ1n) is 8.41. The Morgan fingerprint density at radius 1 is 1.16 bits per heavy atom. The van der Waals surface area contributed by atoms with E-state index in [0.717, 1.165) is 30.7 Å². The molecule has 1 fully saturated rings. The Kier molecular flexibility index (Phi) is 5.03. The lowest BCUT2D eigenvalue weighted by atomic mass is 10.0. The van der Waals surface area contributed by atoms with Crippen LogP contribution in [-0.4, -0.2) is 30.4 Å². The number of methoxy groups -OCH3 is 1. The van der Waals surface area contributed by atoms with E-state index < -0.39 is 0 Å². The lowest BCUT2D eigenvalue weighted by Crippen LogP contribution is -2.30. The lowest BCUT2D eigenvalue weighted by molar-refractivity contribution is -0.114. The second-order valence-corrected chi connectivity index (χ2v) is 6.19. The fourth-order valence-electron chi connectivity index (χ4n) is 3.28. The Balaban J connectivity index is 1.81. The van der Waals surface area contributed by atoms with Crippen molar-refractivity contribution < 1.29 is 14.3 Å². The van der Waals surface area contributed by atoms with Gasteiger partial charge in [0.1, 0.15) is 5.75 Å². The SMILES string of the molecule is COc1ccc(C2CCCN2C(=O)c2cccc(NC(C)=O)c2)cc1. The summed E-state index contributed by atoms with van der Waals surface area (Å²) in [6.07, 6.45) is 1.93. The monoisotopic (exact) mass is 338 g/mol. The van der Waals surface area contributed by atoms with Crippen molar-refractivity contribution >= 4 is 17.5 Å². The standard InChI is InChI=1S/C20H22N2O3/c1-14(23)21-17-6-3-5-16(13-17)20(24)22-12-4-7-19(22)15-8-10-18(25-2)11-9-15/h3,5-6,8-11,13,19H,4,7,12H2,1-2H3,(H,21,23). The molecule has 0 bridgehead atoms. The minimum absolute atomic E-state index is 0.00878. The summed E-state index contributed by atoms with van der Waals surface area (Å²) in [5, 5.41) is 2.72. The van der Waals surface area contributed by atoms with Crippen molar-refractivity contribution in [2.75, 3.05) is 19.0 Å². The van der Waals surface area contributed by atoms with Crippen LogP contribution in [0.5, 0.6) is 5.75 Å². The summed E-state index contributed by atoms with van der Waals surface area (Å²) >= 11 is 0. The van der Waals surface area contributed by atoms with Crippen LogP contribution in [-0.2, 0) is 4.79 Å². The van der Waals surface area contributed by atoms with E-state index >= 15 is 0 Å². The number of hydrogen-bond acceptors (Lipinski definition) is 3. The molecule has 1 aliphatic heterocycles. The maximum Gasteiger partial charge on any atom is 0.254 e. The van der Waals surface area contributed by atoms with Gasteiger partial charge in [0, 0.05) is 24.7 Å². The minimum atomic E-state index is -0.151. The summed E-state index contributed by atoms with van der Waals surface area (Å²) in [6.45, 7) is 2.19. The molecule has 1 N–H and O–H groups in total. The molecule has 1 unspecified atom stereocenters. The van der Waals surface area contributed by atoms with Gasteiger partial charge in [0.25, 0.3) is 5.91 Å². The van der Waals surface area contributed by atoms with Crippen LogP contribution >= 0.6 is 0 Å². The third-order valence-electron chi connectivity index (χ3n) is 4.44. The van der Waals surface area contributed by atoms with Gasteiger partial charge in [-0.3, -0.25) is 9.59 Å².